The standard InChI is InChI=1S/C21H27N3O2/c1-14-6-8-15(9-7-14)24(16-10-11-16)20(25)13-12-19-22-18-5-3-2-4-17(18)21(26)23-19/h2-5,14-16H,6-13H2,1H3,(H,22,23,26). The van der Waals surface area contributed by atoms with Crippen molar-refractivity contribution in [1.29, 1.82) is 0 Å². The summed E-state index contributed by atoms with van der Waals surface area (Å²) >= 11 is 0. The van der Waals surface area contributed by atoms with Crippen LogP contribution in [0.4, 0.5) is 0 Å². The van der Waals surface area contributed by atoms with Gasteiger partial charge in [-0.2, -0.15) is 0 Å². The third-order valence-corrected chi connectivity index (χ3v) is 5.84. The summed E-state index contributed by atoms with van der Waals surface area (Å²) in [5, 5.41) is 0.596. The quantitative estimate of drug-likeness (QED) is 0.895. The van der Waals surface area contributed by atoms with Gasteiger partial charge in [-0.05, 0) is 56.6 Å². The zero-order chi connectivity index (χ0) is 18.1. The molecule has 1 aromatic carbocycles. The van der Waals surface area contributed by atoms with E-state index in [-0.39, 0.29) is 11.5 Å². The number of carbonyl (C=O) groups is 1. The van der Waals surface area contributed by atoms with Crippen LogP contribution in [0.2, 0.25) is 0 Å². The van der Waals surface area contributed by atoms with E-state index < -0.39 is 0 Å². The van der Waals surface area contributed by atoms with E-state index in [4.69, 9.17) is 0 Å². The van der Waals surface area contributed by atoms with Crippen molar-refractivity contribution in [3.63, 3.8) is 0 Å². The van der Waals surface area contributed by atoms with E-state index in [1.165, 1.54) is 12.8 Å². The second-order valence-electron chi connectivity index (χ2n) is 7.98. The molecule has 0 atom stereocenters. The number of aromatic nitrogens is 2. The minimum absolute atomic E-state index is 0.127. The minimum Gasteiger partial charge on any atom is -0.337 e. The lowest BCUT2D eigenvalue weighted by molar-refractivity contribution is -0.135. The zero-order valence-corrected chi connectivity index (χ0v) is 15.4. The number of amides is 1. The fraction of sp³-hybridized carbons (Fsp3) is 0.571. The van der Waals surface area contributed by atoms with Gasteiger partial charge in [0.25, 0.3) is 5.56 Å². The first-order valence-electron chi connectivity index (χ1n) is 9.91. The second-order valence-corrected chi connectivity index (χ2v) is 7.98. The number of hydrogen-bond acceptors (Lipinski definition) is 3. The number of hydrogen-bond donors (Lipinski definition) is 1. The van der Waals surface area contributed by atoms with E-state index in [1.807, 2.05) is 18.2 Å². The van der Waals surface area contributed by atoms with Crippen molar-refractivity contribution in [2.24, 2.45) is 5.92 Å². The summed E-state index contributed by atoms with van der Waals surface area (Å²) in [7, 11) is 0. The molecular formula is C21H27N3O2. The Balaban J connectivity index is 1.44. The molecule has 1 heterocycles. The maximum atomic E-state index is 12.9. The molecule has 2 aliphatic rings. The van der Waals surface area contributed by atoms with E-state index >= 15 is 0 Å². The molecule has 0 aliphatic heterocycles. The lowest BCUT2D eigenvalue weighted by atomic mass is 9.86. The SMILES string of the molecule is CC1CCC(N(C(=O)CCc2nc3ccccc3c(=O)[nH]2)C2CC2)CC1. The number of nitrogens with one attached hydrogen (secondary N) is 1. The maximum absolute atomic E-state index is 12.9. The van der Waals surface area contributed by atoms with Gasteiger partial charge in [0.2, 0.25) is 5.91 Å². The molecule has 2 aromatic rings. The van der Waals surface area contributed by atoms with Crippen molar-refractivity contribution < 1.29 is 4.79 Å². The van der Waals surface area contributed by atoms with Crippen LogP contribution in [0.3, 0.4) is 0 Å². The third kappa shape index (κ3) is 3.67. The summed E-state index contributed by atoms with van der Waals surface area (Å²) < 4.78 is 0. The molecule has 0 unspecified atom stereocenters. The number of benzene rings is 1. The van der Waals surface area contributed by atoms with Crippen molar-refractivity contribution in [2.75, 3.05) is 0 Å². The first-order valence-corrected chi connectivity index (χ1v) is 9.91. The molecule has 2 saturated carbocycles. The lowest BCUT2D eigenvalue weighted by Crippen LogP contribution is -2.43. The van der Waals surface area contributed by atoms with Gasteiger partial charge < -0.3 is 9.88 Å². The molecule has 1 amide bonds. The molecule has 0 spiro atoms. The Morgan fingerprint density at radius 1 is 1.12 bits per heavy atom. The van der Waals surface area contributed by atoms with Crippen LogP contribution in [-0.4, -0.2) is 32.9 Å². The molecule has 5 heteroatoms. The molecule has 138 valence electrons. The summed E-state index contributed by atoms with van der Waals surface area (Å²) in [5.41, 5.74) is 0.567. The fourth-order valence-corrected chi connectivity index (χ4v) is 4.19. The van der Waals surface area contributed by atoms with E-state index in [0.717, 1.165) is 31.6 Å². The molecule has 4 rings (SSSR count). The van der Waals surface area contributed by atoms with Gasteiger partial charge in [-0.15, -0.1) is 0 Å². The molecule has 1 aromatic heterocycles. The van der Waals surface area contributed by atoms with E-state index in [0.29, 0.717) is 41.7 Å². The predicted octanol–water partition coefficient (Wildman–Crippen LogP) is 3.43. The highest BCUT2D eigenvalue weighted by Crippen LogP contribution is 2.35. The Bertz CT molecular complexity index is 848. The number of carbonyl (C=O) groups excluding carboxylic acids is 1. The minimum atomic E-state index is -0.127. The maximum Gasteiger partial charge on any atom is 0.258 e. The average molecular weight is 353 g/mol. The van der Waals surface area contributed by atoms with Crippen LogP contribution in [0, 0.1) is 5.92 Å². The summed E-state index contributed by atoms with van der Waals surface area (Å²) in [4.78, 5) is 34.6. The van der Waals surface area contributed by atoms with Crippen LogP contribution in [0.25, 0.3) is 10.9 Å². The van der Waals surface area contributed by atoms with Gasteiger partial charge in [-0.25, -0.2) is 4.98 Å². The van der Waals surface area contributed by atoms with Gasteiger partial charge in [0.05, 0.1) is 10.9 Å². The average Bonchev–Trinajstić information content (AvgIpc) is 3.47. The van der Waals surface area contributed by atoms with Gasteiger partial charge in [0.15, 0.2) is 0 Å². The second kappa shape index (κ2) is 7.22. The summed E-state index contributed by atoms with van der Waals surface area (Å²) in [6.07, 6.45) is 7.91. The summed E-state index contributed by atoms with van der Waals surface area (Å²) in [5.74, 6) is 1.62. The van der Waals surface area contributed by atoms with Crippen LogP contribution in [0.15, 0.2) is 29.1 Å². The van der Waals surface area contributed by atoms with Gasteiger partial charge in [0, 0.05) is 24.9 Å². The van der Waals surface area contributed by atoms with Crippen molar-refractivity contribution in [1.82, 2.24) is 14.9 Å². The highest BCUT2D eigenvalue weighted by molar-refractivity contribution is 5.78. The topological polar surface area (TPSA) is 66.1 Å². The van der Waals surface area contributed by atoms with Crippen LogP contribution < -0.4 is 5.56 Å². The normalized spacial score (nSPS) is 23.1. The van der Waals surface area contributed by atoms with Crippen molar-refractivity contribution in [3.05, 3.63) is 40.4 Å². The van der Waals surface area contributed by atoms with Gasteiger partial charge in [-0.3, -0.25) is 9.59 Å². The molecule has 2 fully saturated rings. The Hall–Kier alpha value is -2.17. The molecule has 1 N–H and O–H groups in total. The summed E-state index contributed by atoms with van der Waals surface area (Å²) in [6.45, 7) is 2.31. The van der Waals surface area contributed by atoms with Gasteiger partial charge in [-0.1, -0.05) is 19.1 Å². The van der Waals surface area contributed by atoms with Crippen molar-refractivity contribution in [2.45, 2.75) is 70.4 Å². The van der Waals surface area contributed by atoms with Gasteiger partial charge >= 0.3 is 0 Å². The number of aromatic amines is 1. The van der Waals surface area contributed by atoms with Crippen LogP contribution in [-0.2, 0) is 11.2 Å². The Labute approximate surface area is 153 Å². The number of fused-ring (bicyclic) bond motifs is 1. The van der Waals surface area contributed by atoms with E-state index in [2.05, 4.69) is 21.8 Å². The number of aryl methyl sites for hydroxylation is 1. The Morgan fingerprint density at radius 3 is 2.46 bits per heavy atom. The van der Waals surface area contributed by atoms with E-state index in [9.17, 15) is 9.59 Å². The molecule has 0 bridgehead atoms. The molecule has 5 nitrogen and oxygen atoms in total. The highest BCUT2D eigenvalue weighted by atomic mass is 16.2. The largest absolute Gasteiger partial charge is 0.337 e. The van der Waals surface area contributed by atoms with Crippen LogP contribution in [0.5, 0.6) is 0 Å². The van der Waals surface area contributed by atoms with E-state index in [1.54, 1.807) is 6.07 Å². The third-order valence-electron chi connectivity index (χ3n) is 5.84. The Morgan fingerprint density at radius 2 is 1.77 bits per heavy atom. The smallest absolute Gasteiger partial charge is 0.258 e. The number of para-hydroxylation sites is 1. The van der Waals surface area contributed by atoms with Crippen LogP contribution in [0.1, 0.15) is 57.7 Å². The van der Waals surface area contributed by atoms with Crippen molar-refractivity contribution >= 4 is 16.8 Å². The number of H-pyrrole nitrogens is 1. The molecule has 2 aliphatic carbocycles. The van der Waals surface area contributed by atoms with Crippen LogP contribution >= 0.6 is 0 Å². The highest BCUT2D eigenvalue weighted by Gasteiger charge is 2.38. The zero-order valence-electron chi connectivity index (χ0n) is 15.4. The predicted molar refractivity (Wildman–Crippen MR) is 102 cm³/mol. The molecule has 26 heavy (non-hydrogen) atoms. The monoisotopic (exact) mass is 353 g/mol. The van der Waals surface area contributed by atoms with Crippen molar-refractivity contribution in [3.8, 4) is 0 Å². The van der Waals surface area contributed by atoms with Gasteiger partial charge in [0.1, 0.15) is 5.82 Å². The first-order chi connectivity index (χ1) is 12.6. The lowest BCUT2D eigenvalue weighted by Gasteiger charge is -2.36. The first kappa shape index (κ1) is 17.3. The number of nitrogens with zero attached hydrogens (tertiary/aromatic N) is 2. The number of rotatable bonds is 5. The molecule has 0 radical (unpaired) electrons. The fourth-order valence-electron chi connectivity index (χ4n) is 4.19. The molecular weight excluding hydrogens is 326 g/mol. The molecule has 0 saturated heterocycles. The Kier molecular flexibility index (Phi) is 4.79. The summed E-state index contributed by atoms with van der Waals surface area (Å²) in [6, 6.07) is 8.19.